The van der Waals surface area contributed by atoms with Crippen LogP contribution in [0.5, 0.6) is 0 Å². The molecule has 5 heteroatoms. The lowest BCUT2D eigenvalue weighted by atomic mass is 10.00. The van der Waals surface area contributed by atoms with Gasteiger partial charge < -0.3 is 5.32 Å². The lowest BCUT2D eigenvalue weighted by Gasteiger charge is -2.07. The average molecular weight is 317 g/mol. The first-order chi connectivity index (χ1) is 10.5. The SMILES string of the molecule is CS(=O)(=O)CCNC(=O)[C@H]1C[C@@H]1c1cccc2ccccc12. The molecule has 0 saturated heterocycles. The summed E-state index contributed by atoms with van der Waals surface area (Å²) in [7, 11) is -3.03. The van der Waals surface area contributed by atoms with Gasteiger partial charge in [-0.15, -0.1) is 0 Å². The van der Waals surface area contributed by atoms with Crippen LogP contribution in [0.15, 0.2) is 42.5 Å². The normalized spacial score (nSPS) is 20.8. The molecule has 1 amide bonds. The van der Waals surface area contributed by atoms with Crippen LogP contribution in [0.1, 0.15) is 17.9 Å². The van der Waals surface area contributed by atoms with Gasteiger partial charge in [0.15, 0.2) is 0 Å². The number of hydrogen-bond donors (Lipinski definition) is 1. The highest BCUT2D eigenvalue weighted by atomic mass is 32.2. The maximum absolute atomic E-state index is 12.1. The number of fused-ring (bicyclic) bond motifs is 1. The molecule has 4 nitrogen and oxygen atoms in total. The van der Waals surface area contributed by atoms with Crippen LogP contribution < -0.4 is 5.32 Å². The average Bonchev–Trinajstić information content (AvgIpc) is 3.25. The highest BCUT2D eigenvalue weighted by molar-refractivity contribution is 7.90. The summed E-state index contributed by atoms with van der Waals surface area (Å²) in [4.78, 5) is 12.1. The van der Waals surface area contributed by atoms with Crippen LogP contribution in [0.4, 0.5) is 0 Å². The molecule has 0 aromatic heterocycles. The summed E-state index contributed by atoms with van der Waals surface area (Å²) >= 11 is 0. The van der Waals surface area contributed by atoms with Crippen LogP contribution in [-0.2, 0) is 14.6 Å². The zero-order valence-electron chi connectivity index (χ0n) is 12.5. The quantitative estimate of drug-likeness (QED) is 0.918. The molecule has 1 N–H and O–H groups in total. The fourth-order valence-electron chi connectivity index (χ4n) is 2.89. The lowest BCUT2D eigenvalue weighted by Crippen LogP contribution is -2.30. The highest BCUT2D eigenvalue weighted by Gasteiger charge is 2.44. The second-order valence-corrected chi connectivity index (χ2v) is 8.20. The number of carbonyl (C=O) groups excluding carboxylic acids is 1. The zero-order chi connectivity index (χ0) is 15.7. The number of hydrogen-bond acceptors (Lipinski definition) is 3. The first kappa shape index (κ1) is 15.0. The van der Waals surface area contributed by atoms with Crippen molar-refractivity contribution in [2.45, 2.75) is 12.3 Å². The number of carbonyl (C=O) groups is 1. The Bertz CT molecular complexity index is 808. The van der Waals surface area contributed by atoms with E-state index in [0.29, 0.717) is 0 Å². The summed E-state index contributed by atoms with van der Waals surface area (Å²) < 4.78 is 22.2. The predicted molar refractivity (Wildman–Crippen MR) is 87.5 cm³/mol. The van der Waals surface area contributed by atoms with Gasteiger partial charge in [0.05, 0.1) is 5.75 Å². The molecular formula is C17H19NO3S. The molecule has 2 aromatic rings. The van der Waals surface area contributed by atoms with Crippen LogP contribution in [0.2, 0.25) is 0 Å². The largest absolute Gasteiger partial charge is 0.355 e. The molecule has 3 rings (SSSR count). The van der Waals surface area contributed by atoms with Gasteiger partial charge in [-0.25, -0.2) is 8.42 Å². The maximum atomic E-state index is 12.1. The summed E-state index contributed by atoms with van der Waals surface area (Å²) in [5.41, 5.74) is 1.21. The molecule has 0 bridgehead atoms. The third-order valence-corrected chi connectivity index (χ3v) is 5.07. The molecular weight excluding hydrogens is 298 g/mol. The molecule has 2 atom stereocenters. The van der Waals surface area contributed by atoms with E-state index in [1.165, 1.54) is 22.6 Å². The molecule has 0 spiro atoms. The summed E-state index contributed by atoms with van der Waals surface area (Å²) in [5.74, 6) is 0.154. The van der Waals surface area contributed by atoms with E-state index in [-0.39, 0.29) is 30.0 Å². The highest BCUT2D eigenvalue weighted by Crippen LogP contribution is 2.49. The number of sulfone groups is 1. The Morgan fingerprint density at radius 3 is 2.68 bits per heavy atom. The fourth-order valence-corrected chi connectivity index (χ4v) is 3.37. The minimum Gasteiger partial charge on any atom is -0.355 e. The predicted octanol–water partition coefficient (Wildman–Crippen LogP) is 2.10. The van der Waals surface area contributed by atoms with Crippen LogP contribution in [0, 0.1) is 5.92 Å². The standard InChI is InChI=1S/C17H19NO3S/c1-22(20,21)10-9-18-17(19)16-11-15(16)14-8-4-6-12-5-2-3-7-13(12)14/h2-8,15-16H,9-11H2,1H3,(H,18,19)/t15-,16+/m1/s1. The first-order valence-corrected chi connectivity index (χ1v) is 9.45. The molecule has 1 aliphatic rings. The number of rotatable bonds is 5. The van der Waals surface area contributed by atoms with Crippen LogP contribution in [-0.4, -0.2) is 32.9 Å². The van der Waals surface area contributed by atoms with E-state index in [4.69, 9.17) is 0 Å². The van der Waals surface area contributed by atoms with Crippen molar-refractivity contribution in [3.8, 4) is 0 Å². The Morgan fingerprint density at radius 1 is 1.18 bits per heavy atom. The smallest absolute Gasteiger partial charge is 0.223 e. The van der Waals surface area contributed by atoms with E-state index >= 15 is 0 Å². The van der Waals surface area contributed by atoms with Crippen molar-refractivity contribution in [1.29, 1.82) is 0 Å². The molecule has 0 aliphatic heterocycles. The fraction of sp³-hybridized carbons (Fsp3) is 0.353. The van der Waals surface area contributed by atoms with Gasteiger partial charge in [0.1, 0.15) is 9.84 Å². The summed E-state index contributed by atoms with van der Waals surface area (Å²) in [6.45, 7) is 0.191. The van der Waals surface area contributed by atoms with Crippen molar-refractivity contribution >= 4 is 26.5 Å². The van der Waals surface area contributed by atoms with Gasteiger partial charge >= 0.3 is 0 Å². The van der Waals surface area contributed by atoms with Gasteiger partial charge in [0.25, 0.3) is 0 Å². The van der Waals surface area contributed by atoms with E-state index in [0.717, 1.165) is 6.42 Å². The Kier molecular flexibility index (Phi) is 3.91. The molecule has 0 unspecified atom stereocenters. The minimum absolute atomic E-state index is 0.00953. The molecule has 116 valence electrons. The van der Waals surface area contributed by atoms with Gasteiger partial charge in [-0.1, -0.05) is 42.5 Å². The molecule has 1 saturated carbocycles. The summed E-state index contributed by atoms with van der Waals surface area (Å²) in [6.07, 6.45) is 2.01. The van der Waals surface area contributed by atoms with Crippen molar-refractivity contribution in [3.63, 3.8) is 0 Å². The second kappa shape index (κ2) is 5.72. The Hall–Kier alpha value is -1.88. The van der Waals surface area contributed by atoms with Gasteiger partial charge in [0.2, 0.25) is 5.91 Å². The molecule has 0 heterocycles. The second-order valence-electron chi connectivity index (χ2n) is 5.94. The van der Waals surface area contributed by atoms with Gasteiger partial charge in [0, 0.05) is 18.7 Å². The van der Waals surface area contributed by atoms with Gasteiger partial charge in [-0.2, -0.15) is 0 Å². The van der Waals surface area contributed by atoms with E-state index in [1.807, 2.05) is 18.2 Å². The summed E-state index contributed by atoms with van der Waals surface area (Å²) in [5, 5.41) is 5.11. The van der Waals surface area contributed by atoms with E-state index in [1.54, 1.807) is 0 Å². The number of nitrogens with one attached hydrogen (secondary N) is 1. The van der Waals surface area contributed by atoms with Gasteiger partial charge in [-0.05, 0) is 28.7 Å². The summed E-state index contributed by atoms with van der Waals surface area (Å²) in [6, 6.07) is 14.3. The van der Waals surface area contributed by atoms with Crippen LogP contribution in [0.3, 0.4) is 0 Å². The van der Waals surface area contributed by atoms with Crippen molar-refractivity contribution in [1.82, 2.24) is 5.32 Å². The third kappa shape index (κ3) is 3.30. The topological polar surface area (TPSA) is 63.2 Å². The first-order valence-electron chi connectivity index (χ1n) is 7.39. The van der Waals surface area contributed by atoms with Crippen molar-refractivity contribution < 1.29 is 13.2 Å². The van der Waals surface area contributed by atoms with Crippen molar-refractivity contribution in [3.05, 3.63) is 48.0 Å². The number of benzene rings is 2. The Labute approximate surface area is 130 Å². The van der Waals surface area contributed by atoms with E-state index in [2.05, 4.69) is 29.6 Å². The molecule has 1 aliphatic carbocycles. The van der Waals surface area contributed by atoms with Gasteiger partial charge in [-0.3, -0.25) is 4.79 Å². The minimum atomic E-state index is -3.03. The van der Waals surface area contributed by atoms with Crippen LogP contribution in [0.25, 0.3) is 10.8 Å². The molecule has 2 aromatic carbocycles. The van der Waals surface area contributed by atoms with E-state index < -0.39 is 9.84 Å². The third-order valence-electron chi connectivity index (χ3n) is 4.12. The lowest BCUT2D eigenvalue weighted by molar-refractivity contribution is -0.122. The van der Waals surface area contributed by atoms with E-state index in [9.17, 15) is 13.2 Å². The molecule has 0 radical (unpaired) electrons. The maximum Gasteiger partial charge on any atom is 0.223 e. The Balaban J connectivity index is 1.67. The van der Waals surface area contributed by atoms with Crippen molar-refractivity contribution in [2.75, 3.05) is 18.6 Å². The number of amides is 1. The van der Waals surface area contributed by atoms with Crippen molar-refractivity contribution in [2.24, 2.45) is 5.92 Å². The molecule has 1 fully saturated rings. The zero-order valence-corrected chi connectivity index (χ0v) is 13.3. The monoisotopic (exact) mass is 317 g/mol. The van der Waals surface area contributed by atoms with Crippen LogP contribution >= 0.6 is 0 Å². The molecule has 22 heavy (non-hydrogen) atoms. The Morgan fingerprint density at radius 2 is 1.91 bits per heavy atom.